The molecule has 0 aliphatic heterocycles. The molecule has 0 bridgehead atoms. The number of rotatable bonds is 3. The molecule has 0 unspecified atom stereocenters. The fourth-order valence-corrected chi connectivity index (χ4v) is 1.78. The maximum absolute atomic E-state index is 2.46. The lowest BCUT2D eigenvalue weighted by molar-refractivity contribution is 0.177. The molecule has 0 aromatic carbocycles. The van der Waals surface area contributed by atoms with E-state index in [-0.39, 0.29) is 0 Å². The van der Waals surface area contributed by atoms with Gasteiger partial charge in [-0.25, -0.2) is 0 Å². The summed E-state index contributed by atoms with van der Waals surface area (Å²) in [5.74, 6) is 0. The van der Waals surface area contributed by atoms with Gasteiger partial charge in [-0.05, 0) is 59.9 Å². The van der Waals surface area contributed by atoms with Crippen LogP contribution in [0.4, 0.5) is 0 Å². The van der Waals surface area contributed by atoms with Crippen LogP contribution in [-0.4, -0.2) is 24.0 Å². The Kier molecular flexibility index (Phi) is 4.18. The van der Waals surface area contributed by atoms with Crippen molar-refractivity contribution in [3.63, 3.8) is 0 Å². The maximum Gasteiger partial charge on any atom is 0.0122 e. The first-order valence-corrected chi connectivity index (χ1v) is 5.89. The van der Waals surface area contributed by atoms with Gasteiger partial charge in [0.25, 0.3) is 0 Å². The maximum atomic E-state index is 2.46. The highest BCUT2D eigenvalue weighted by atomic mass is 15.1. The zero-order valence-electron chi connectivity index (χ0n) is 10.3. The van der Waals surface area contributed by atoms with Crippen molar-refractivity contribution in [1.29, 1.82) is 0 Å². The molecule has 0 fully saturated rings. The van der Waals surface area contributed by atoms with Gasteiger partial charge >= 0.3 is 0 Å². The fraction of sp³-hybridized carbons (Fsp3) is 0.846. The van der Waals surface area contributed by atoms with E-state index in [1.165, 1.54) is 38.6 Å². The normalized spacial score (nSPS) is 18.5. The topological polar surface area (TPSA) is 3.24 Å². The van der Waals surface area contributed by atoms with Crippen LogP contribution in [0, 0.1) is 0 Å². The molecule has 14 heavy (non-hydrogen) atoms. The van der Waals surface area contributed by atoms with E-state index in [1.807, 2.05) is 0 Å². The molecule has 1 rings (SSSR count). The van der Waals surface area contributed by atoms with Crippen LogP contribution in [0.15, 0.2) is 11.6 Å². The summed E-state index contributed by atoms with van der Waals surface area (Å²) in [6, 6.07) is 0. The van der Waals surface area contributed by atoms with Crippen molar-refractivity contribution in [3.8, 4) is 0 Å². The highest BCUT2D eigenvalue weighted by Crippen LogP contribution is 2.21. The lowest BCUT2D eigenvalue weighted by atomic mass is 9.96. The Morgan fingerprint density at radius 2 is 2.00 bits per heavy atom. The highest BCUT2D eigenvalue weighted by Gasteiger charge is 2.16. The van der Waals surface area contributed by atoms with Crippen LogP contribution in [0.1, 0.15) is 52.9 Å². The van der Waals surface area contributed by atoms with Crippen LogP contribution in [0.5, 0.6) is 0 Å². The summed E-state index contributed by atoms with van der Waals surface area (Å²) in [6.07, 6.45) is 9.20. The van der Waals surface area contributed by atoms with Gasteiger partial charge < -0.3 is 4.90 Å². The van der Waals surface area contributed by atoms with Crippen LogP contribution in [-0.2, 0) is 0 Å². The van der Waals surface area contributed by atoms with Crippen LogP contribution in [0.3, 0.4) is 0 Å². The Labute approximate surface area is 89.2 Å². The quantitative estimate of drug-likeness (QED) is 0.622. The van der Waals surface area contributed by atoms with Crippen molar-refractivity contribution in [3.05, 3.63) is 11.6 Å². The van der Waals surface area contributed by atoms with E-state index in [1.54, 1.807) is 5.57 Å². The smallest absolute Gasteiger partial charge is 0.0122 e. The van der Waals surface area contributed by atoms with Gasteiger partial charge in [0.15, 0.2) is 0 Å². The minimum atomic E-state index is 0.315. The van der Waals surface area contributed by atoms with Crippen molar-refractivity contribution < 1.29 is 0 Å². The molecule has 0 heterocycles. The van der Waals surface area contributed by atoms with Crippen molar-refractivity contribution in [2.24, 2.45) is 0 Å². The van der Waals surface area contributed by atoms with Gasteiger partial charge in [0.05, 0.1) is 0 Å². The van der Waals surface area contributed by atoms with E-state index in [2.05, 4.69) is 38.8 Å². The fourth-order valence-electron chi connectivity index (χ4n) is 1.78. The molecule has 1 aliphatic carbocycles. The molecule has 1 nitrogen and oxygen atoms in total. The lowest BCUT2D eigenvalue weighted by Crippen LogP contribution is -2.38. The van der Waals surface area contributed by atoms with E-state index in [0.717, 1.165) is 0 Å². The van der Waals surface area contributed by atoms with Gasteiger partial charge in [0.2, 0.25) is 0 Å². The third-order valence-corrected chi connectivity index (χ3v) is 3.30. The van der Waals surface area contributed by atoms with Crippen molar-refractivity contribution in [1.82, 2.24) is 4.90 Å². The minimum absolute atomic E-state index is 0.315. The number of hydrogen-bond donors (Lipinski definition) is 0. The molecular formula is C13H25N. The van der Waals surface area contributed by atoms with Crippen molar-refractivity contribution >= 4 is 0 Å². The van der Waals surface area contributed by atoms with Gasteiger partial charge in [-0.2, -0.15) is 0 Å². The SMILES string of the molecule is CN(CCC1=CCCCC1)C(C)(C)C. The molecule has 0 saturated carbocycles. The average Bonchev–Trinajstić information content (AvgIpc) is 2.14. The third-order valence-electron chi connectivity index (χ3n) is 3.30. The molecule has 0 N–H and O–H groups in total. The number of nitrogens with zero attached hydrogens (tertiary/aromatic N) is 1. The molecule has 1 aliphatic rings. The van der Waals surface area contributed by atoms with Crippen LogP contribution >= 0.6 is 0 Å². The van der Waals surface area contributed by atoms with Gasteiger partial charge in [-0.3, -0.25) is 0 Å². The molecule has 0 amide bonds. The van der Waals surface area contributed by atoms with Gasteiger partial charge in [0.1, 0.15) is 0 Å². The highest BCUT2D eigenvalue weighted by molar-refractivity contribution is 5.05. The van der Waals surface area contributed by atoms with Gasteiger partial charge in [-0.1, -0.05) is 11.6 Å². The third kappa shape index (κ3) is 3.83. The zero-order valence-corrected chi connectivity index (χ0v) is 10.3. The second-order valence-corrected chi connectivity index (χ2v) is 5.45. The van der Waals surface area contributed by atoms with Crippen LogP contribution < -0.4 is 0 Å². The first-order valence-electron chi connectivity index (χ1n) is 5.89. The Balaban J connectivity index is 2.29. The van der Waals surface area contributed by atoms with Crippen molar-refractivity contribution in [2.75, 3.05) is 13.6 Å². The Bertz CT molecular complexity index is 198. The number of hydrogen-bond acceptors (Lipinski definition) is 1. The van der Waals surface area contributed by atoms with E-state index in [4.69, 9.17) is 0 Å². The van der Waals surface area contributed by atoms with E-state index in [9.17, 15) is 0 Å². The predicted molar refractivity (Wildman–Crippen MR) is 63.6 cm³/mol. The molecule has 0 atom stereocenters. The molecule has 0 spiro atoms. The molecule has 0 saturated heterocycles. The van der Waals surface area contributed by atoms with Crippen LogP contribution in [0.25, 0.3) is 0 Å². The second kappa shape index (κ2) is 4.97. The summed E-state index contributed by atoms with van der Waals surface area (Å²) in [5, 5.41) is 0. The molecule has 0 radical (unpaired) electrons. The molecule has 0 aromatic rings. The monoisotopic (exact) mass is 195 g/mol. The summed E-state index contributed by atoms with van der Waals surface area (Å²) in [4.78, 5) is 2.45. The van der Waals surface area contributed by atoms with E-state index < -0.39 is 0 Å². The predicted octanol–water partition coefficient (Wildman–Crippen LogP) is 3.61. The Hall–Kier alpha value is -0.300. The Morgan fingerprint density at radius 3 is 2.50 bits per heavy atom. The number of allylic oxidation sites excluding steroid dienone is 1. The minimum Gasteiger partial charge on any atom is -0.301 e. The first-order chi connectivity index (χ1) is 6.50. The Morgan fingerprint density at radius 1 is 1.29 bits per heavy atom. The van der Waals surface area contributed by atoms with Gasteiger partial charge in [0, 0.05) is 12.1 Å². The van der Waals surface area contributed by atoms with E-state index in [0.29, 0.717) is 5.54 Å². The van der Waals surface area contributed by atoms with Crippen molar-refractivity contribution in [2.45, 2.75) is 58.4 Å². The first kappa shape index (κ1) is 11.8. The molecule has 1 heteroatoms. The molecular weight excluding hydrogens is 170 g/mol. The summed E-state index contributed by atoms with van der Waals surface area (Å²) in [5.41, 5.74) is 2.00. The standard InChI is InChI=1S/C13H25N/c1-13(2,3)14(4)11-10-12-8-6-5-7-9-12/h8H,5-7,9-11H2,1-4H3. The summed E-state index contributed by atoms with van der Waals surface area (Å²) in [7, 11) is 2.23. The van der Waals surface area contributed by atoms with E-state index >= 15 is 0 Å². The lowest BCUT2D eigenvalue weighted by Gasteiger charge is -2.32. The summed E-state index contributed by atoms with van der Waals surface area (Å²) < 4.78 is 0. The largest absolute Gasteiger partial charge is 0.301 e. The average molecular weight is 195 g/mol. The molecule has 0 aromatic heterocycles. The molecule has 82 valence electrons. The van der Waals surface area contributed by atoms with Gasteiger partial charge in [-0.15, -0.1) is 0 Å². The zero-order chi connectivity index (χ0) is 10.6. The summed E-state index contributed by atoms with van der Waals surface area (Å²) >= 11 is 0. The van der Waals surface area contributed by atoms with Crippen LogP contribution in [0.2, 0.25) is 0 Å². The summed E-state index contributed by atoms with van der Waals surface area (Å²) in [6.45, 7) is 8.04. The second-order valence-electron chi connectivity index (χ2n) is 5.45.